The first kappa shape index (κ1) is 17.6. The highest BCUT2D eigenvalue weighted by molar-refractivity contribution is 5.91. The van der Waals surface area contributed by atoms with E-state index in [2.05, 4.69) is 15.1 Å². The van der Waals surface area contributed by atoms with Gasteiger partial charge in [0.15, 0.2) is 0 Å². The zero-order valence-electron chi connectivity index (χ0n) is 15.7. The number of aryl methyl sites for hydroxylation is 3. The predicted molar refractivity (Wildman–Crippen MR) is 99.1 cm³/mol. The molecule has 1 aliphatic heterocycles. The fourth-order valence-corrected chi connectivity index (χ4v) is 3.68. The zero-order valence-corrected chi connectivity index (χ0v) is 15.7. The van der Waals surface area contributed by atoms with Crippen LogP contribution >= 0.6 is 0 Å². The molecule has 1 aromatic carbocycles. The maximum absolute atomic E-state index is 13.8. The normalized spacial score (nSPS) is 17.0. The molecule has 0 bridgehead atoms. The number of hydrogen-bond donors (Lipinski definition) is 0. The highest BCUT2D eigenvalue weighted by atomic mass is 19.1. The number of fused-ring (bicyclic) bond motifs is 1. The Kier molecular flexibility index (Phi) is 4.37. The van der Waals surface area contributed by atoms with Crippen LogP contribution in [0.4, 0.5) is 4.39 Å². The lowest BCUT2D eigenvalue weighted by Gasteiger charge is -2.14. The van der Waals surface area contributed by atoms with E-state index < -0.39 is 0 Å². The van der Waals surface area contributed by atoms with Gasteiger partial charge in [-0.15, -0.1) is 5.10 Å². The number of aromatic nitrogens is 4. The summed E-state index contributed by atoms with van der Waals surface area (Å²) in [7, 11) is 0. The number of amides is 1. The molecule has 0 aliphatic carbocycles. The summed E-state index contributed by atoms with van der Waals surface area (Å²) in [6, 6.07) is 7.27. The monoisotopic (exact) mass is 367 g/mol. The Morgan fingerprint density at radius 2 is 2.04 bits per heavy atom. The molecule has 7 heteroatoms. The highest BCUT2D eigenvalue weighted by Gasteiger charge is 2.29. The summed E-state index contributed by atoms with van der Waals surface area (Å²) >= 11 is 0. The summed E-state index contributed by atoms with van der Waals surface area (Å²) in [5.74, 6) is 0.593. The number of rotatable bonds is 3. The smallest absolute Gasteiger partial charge is 0.293 e. The molecule has 1 amide bonds. The minimum Gasteiger partial charge on any atom is -0.336 e. The van der Waals surface area contributed by atoms with Gasteiger partial charge >= 0.3 is 0 Å². The van der Waals surface area contributed by atoms with Crippen molar-refractivity contribution in [2.75, 3.05) is 13.1 Å². The van der Waals surface area contributed by atoms with Crippen molar-refractivity contribution in [2.24, 2.45) is 5.92 Å². The standard InChI is InChI=1S/C20H22FN5O/c1-12-4-5-15(10-17(12)21)9-16-6-7-25(11-16)19(27)18-23-20-22-13(2)8-14(3)26(20)24-18/h4-5,8,10,16H,6-7,9,11H2,1-3H3. The van der Waals surface area contributed by atoms with Gasteiger partial charge in [0.2, 0.25) is 5.82 Å². The zero-order chi connectivity index (χ0) is 19.1. The van der Waals surface area contributed by atoms with Crippen LogP contribution in [-0.2, 0) is 6.42 Å². The molecule has 0 radical (unpaired) electrons. The van der Waals surface area contributed by atoms with Crippen LogP contribution in [0.3, 0.4) is 0 Å². The van der Waals surface area contributed by atoms with Crippen LogP contribution in [0.5, 0.6) is 0 Å². The molecule has 6 nitrogen and oxygen atoms in total. The second-order valence-corrected chi connectivity index (χ2v) is 7.38. The van der Waals surface area contributed by atoms with Gasteiger partial charge in [0, 0.05) is 24.5 Å². The summed E-state index contributed by atoms with van der Waals surface area (Å²) < 4.78 is 15.4. The molecule has 1 fully saturated rings. The molecule has 0 N–H and O–H groups in total. The third-order valence-corrected chi connectivity index (χ3v) is 5.14. The molecule has 0 saturated carbocycles. The topological polar surface area (TPSA) is 63.4 Å². The molecular formula is C20H22FN5O. The Hall–Kier alpha value is -2.83. The molecule has 1 aliphatic rings. The summed E-state index contributed by atoms with van der Waals surface area (Å²) in [4.78, 5) is 23.2. The summed E-state index contributed by atoms with van der Waals surface area (Å²) in [6.07, 6.45) is 1.66. The quantitative estimate of drug-likeness (QED) is 0.714. The predicted octanol–water partition coefficient (Wildman–Crippen LogP) is 2.89. The molecule has 1 atom stereocenters. The molecule has 3 heterocycles. The molecule has 2 aromatic heterocycles. The van der Waals surface area contributed by atoms with Gasteiger partial charge in [0.05, 0.1) is 0 Å². The largest absolute Gasteiger partial charge is 0.336 e. The number of halogens is 1. The van der Waals surface area contributed by atoms with Crippen molar-refractivity contribution < 1.29 is 9.18 Å². The van der Waals surface area contributed by atoms with Crippen molar-refractivity contribution in [3.63, 3.8) is 0 Å². The summed E-state index contributed by atoms with van der Waals surface area (Å²) in [5.41, 5.74) is 3.36. The van der Waals surface area contributed by atoms with Gasteiger partial charge in [-0.05, 0) is 62.8 Å². The second kappa shape index (κ2) is 6.72. The second-order valence-electron chi connectivity index (χ2n) is 7.38. The molecule has 1 saturated heterocycles. The van der Waals surface area contributed by atoms with E-state index in [1.165, 1.54) is 0 Å². The number of carbonyl (C=O) groups is 1. The Balaban J connectivity index is 1.47. The van der Waals surface area contributed by atoms with Crippen LogP contribution in [0.25, 0.3) is 5.78 Å². The minimum atomic E-state index is -0.175. The number of nitrogens with zero attached hydrogens (tertiary/aromatic N) is 5. The minimum absolute atomic E-state index is 0.171. The molecule has 1 unspecified atom stereocenters. The highest BCUT2D eigenvalue weighted by Crippen LogP contribution is 2.23. The van der Waals surface area contributed by atoms with Crippen LogP contribution in [0, 0.1) is 32.5 Å². The van der Waals surface area contributed by atoms with Gasteiger partial charge < -0.3 is 4.90 Å². The van der Waals surface area contributed by atoms with Gasteiger partial charge in [-0.1, -0.05) is 12.1 Å². The van der Waals surface area contributed by atoms with Crippen LogP contribution < -0.4 is 0 Å². The molecule has 3 aromatic rings. The lowest BCUT2D eigenvalue weighted by molar-refractivity contribution is 0.0775. The Morgan fingerprint density at radius 1 is 1.22 bits per heavy atom. The van der Waals surface area contributed by atoms with E-state index in [-0.39, 0.29) is 17.5 Å². The Bertz CT molecular complexity index is 1030. The van der Waals surface area contributed by atoms with Crippen LogP contribution in [0.1, 0.15) is 39.6 Å². The van der Waals surface area contributed by atoms with Crippen LogP contribution in [0.2, 0.25) is 0 Å². The molecular weight excluding hydrogens is 345 g/mol. The van der Waals surface area contributed by atoms with E-state index in [1.54, 1.807) is 28.5 Å². The van der Waals surface area contributed by atoms with E-state index in [0.717, 1.165) is 29.8 Å². The summed E-state index contributed by atoms with van der Waals surface area (Å²) in [6.45, 7) is 6.86. The number of likely N-dealkylation sites (tertiary alicyclic amines) is 1. The molecule has 27 heavy (non-hydrogen) atoms. The van der Waals surface area contributed by atoms with E-state index in [9.17, 15) is 9.18 Å². The number of benzene rings is 1. The van der Waals surface area contributed by atoms with Crippen molar-refractivity contribution >= 4 is 11.7 Å². The third kappa shape index (κ3) is 3.41. The molecule has 0 spiro atoms. The van der Waals surface area contributed by atoms with Gasteiger partial charge in [0.25, 0.3) is 11.7 Å². The third-order valence-electron chi connectivity index (χ3n) is 5.14. The first-order chi connectivity index (χ1) is 12.9. The van der Waals surface area contributed by atoms with Gasteiger partial charge in [-0.25, -0.2) is 13.9 Å². The number of hydrogen-bond acceptors (Lipinski definition) is 4. The molecule has 140 valence electrons. The van der Waals surface area contributed by atoms with Crippen molar-refractivity contribution in [2.45, 2.75) is 33.6 Å². The van der Waals surface area contributed by atoms with Crippen LogP contribution in [-0.4, -0.2) is 43.5 Å². The van der Waals surface area contributed by atoms with Crippen molar-refractivity contribution in [1.82, 2.24) is 24.5 Å². The number of carbonyl (C=O) groups excluding carboxylic acids is 1. The van der Waals surface area contributed by atoms with E-state index in [0.29, 0.717) is 30.3 Å². The lowest BCUT2D eigenvalue weighted by Crippen LogP contribution is -2.30. The first-order valence-electron chi connectivity index (χ1n) is 9.16. The van der Waals surface area contributed by atoms with E-state index in [1.807, 2.05) is 26.0 Å². The average Bonchev–Trinajstić information content (AvgIpc) is 3.24. The van der Waals surface area contributed by atoms with Crippen molar-refractivity contribution in [3.8, 4) is 0 Å². The van der Waals surface area contributed by atoms with Gasteiger partial charge in [0.1, 0.15) is 5.82 Å². The van der Waals surface area contributed by atoms with E-state index >= 15 is 0 Å². The molecule has 4 rings (SSSR count). The Labute approximate surface area is 157 Å². The van der Waals surface area contributed by atoms with Crippen LogP contribution in [0.15, 0.2) is 24.3 Å². The van der Waals surface area contributed by atoms with Crippen molar-refractivity contribution in [1.29, 1.82) is 0 Å². The Morgan fingerprint density at radius 3 is 2.81 bits per heavy atom. The lowest BCUT2D eigenvalue weighted by atomic mass is 9.98. The van der Waals surface area contributed by atoms with Gasteiger partial charge in [-0.2, -0.15) is 4.98 Å². The average molecular weight is 367 g/mol. The first-order valence-corrected chi connectivity index (χ1v) is 9.16. The summed E-state index contributed by atoms with van der Waals surface area (Å²) in [5, 5.41) is 4.33. The fraction of sp³-hybridized carbons (Fsp3) is 0.400. The van der Waals surface area contributed by atoms with Crippen molar-refractivity contribution in [3.05, 3.63) is 58.4 Å². The maximum atomic E-state index is 13.8. The fourth-order valence-electron chi connectivity index (χ4n) is 3.68. The SMILES string of the molecule is Cc1cc(C)n2nc(C(=O)N3CCC(Cc4ccc(C)c(F)c4)C3)nc2n1. The maximum Gasteiger partial charge on any atom is 0.293 e. The van der Waals surface area contributed by atoms with E-state index in [4.69, 9.17) is 0 Å². The van der Waals surface area contributed by atoms with Gasteiger partial charge in [-0.3, -0.25) is 4.79 Å².